The normalized spacial score (nSPS) is 17.5. The number of methoxy groups -OCH3 is 2. The molecule has 140 valence electrons. The number of benzene rings is 1. The molecule has 1 aromatic heterocycles. The third-order valence-electron chi connectivity index (χ3n) is 5.05. The van der Waals surface area contributed by atoms with Crippen LogP contribution in [0.5, 0.6) is 5.75 Å². The minimum absolute atomic E-state index is 0.175. The van der Waals surface area contributed by atoms with Crippen LogP contribution in [0.25, 0.3) is 11.5 Å². The lowest BCUT2D eigenvalue weighted by molar-refractivity contribution is -0.146. The molecule has 0 radical (unpaired) electrons. The van der Waals surface area contributed by atoms with Gasteiger partial charge in [0.05, 0.1) is 19.9 Å². The molecule has 0 aliphatic carbocycles. The maximum Gasteiger partial charge on any atom is 0.323 e. The number of rotatable bonds is 5. The van der Waals surface area contributed by atoms with Gasteiger partial charge < -0.3 is 13.9 Å². The highest BCUT2D eigenvalue weighted by molar-refractivity contribution is 5.76. The monoisotopic (exact) mass is 358 g/mol. The zero-order valence-electron chi connectivity index (χ0n) is 16.1. The molecule has 0 unspecified atom stereocenters. The van der Waals surface area contributed by atoms with Crippen molar-refractivity contribution in [3.63, 3.8) is 0 Å². The van der Waals surface area contributed by atoms with Gasteiger partial charge in [0.2, 0.25) is 5.89 Å². The van der Waals surface area contributed by atoms with Gasteiger partial charge >= 0.3 is 5.97 Å². The van der Waals surface area contributed by atoms with Gasteiger partial charge in [-0.2, -0.15) is 0 Å². The molecular formula is C20H26N2O4. The molecule has 2 heterocycles. The first kappa shape index (κ1) is 18.5. The van der Waals surface area contributed by atoms with Crippen molar-refractivity contribution in [2.75, 3.05) is 20.8 Å². The van der Waals surface area contributed by atoms with Crippen molar-refractivity contribution in [3.8, 4) is 17.2 Å². The summed E-state index contributed by atoms with van der Waals surface area (Å²) < 4.78 is 16.2. The van der Waals surface area contributed by atoms with Crippen LogP contribution in [0.4, 0.5) is 0 Å². The van der Waals surface area contributed by atoms with E-state index in [-0.39, 0.29) is 12.0 Å². The van der Waals surface area contributed by atoms with Crippen molar-refractivity contribution in [3.05, 3.63) is 34.7 Å². The van der Waals surface area contributed by atoms with E-state index in [0.29, 0.717) is 12.4 Å². The van der Waals surface area contributed by atoms with E-state index in [1.54, 1.807) is 7.11 Å². The number of esters is 1. The molecule has 1 aromatic carbocycles. The van der Waals surface area contributed by atoms with Crippen LogP contribution in [-0.2, 0) is 16.1 Å². The molecular weight excluding hydrogens is 332 g/mol. The fourth-order valence-electron chi connectivity index (χ4n) is 3.54. The Hall–Kier alpha value is -2.34. The number of hydrogen-bond acceptors (Lipinski definition) is 6. The Morgan fingerprint density at radius 2 is 2.04 bits per heavy atom. The second-order valence-corrected chi connectivity index (χ2v) is 6.81. The van der Waals surface area contributed by atoms with Crippen LogP contribution in [0.15, 0.2) is 16.5 Å². The summed E-state index contributed by atoms with van der Waals surface area (Å²) >= 11 is 0. The van der Waals surface area contributed by atoms with E-state index in [0.717, 1.165) is 53.3 Å². The number of aryl methyl sites for hydroxylation is 3. The molecule has 2 aromatic rings. The lowest BCUT2D eigenvalue weighted by atomic mass is 10.0. The molecule has 0 amide bonds. The minimum atomic E-state index is -0.190. The number of ether oxygens (including phenoxy) is 2. The highest BCUT2D eigenvalue weighted by Crippen LogP contribution is 2.31. The van der Waals surface area contributed by atoms with E-state index in [9.17, 15) is 4.79 Å². The highest BCUT2D eigenvalue weighted by Gasteiger charge is 2.32. The van der Waals surface area contributed by atoms with Crippen molar-refractivity contribution in [1.29, 1.82) is 0 Å². The Kier molecular flexibility index (Phi) is 5.32. The Morgan fingerprint density at radius 3 is 2.73 bits per heavy atom. The summed E-state index contributed by atoms with van der Waals surface area (Å²) in [5.41, 5.74) is 3.91. The number of carbonyl (C=O) groups is 1. The first-order valence-electron chi connectivity index (χ1n) is 8.88. The van der Waals surface area contributed by atoms with Gasteiger partial charge in [0.25, 0.3) is 0 Å². The van der Waals surface area contributed by atoms with Crippen LogP contribution in [0, 0.1) is 20.8 Å². The van der Waals surface area contributed by atoms with Crippen molar-refractivity contribution in [2.45, 2.75) is 46.2 Å². The number of nitrogens with zero attached hydrogens (tertiary/aromatic N) is 2. The zero-order chi connectivity index (χ0) is 18.8. The van der Waals surface area contributed by atoms with E-state index >= 15 is 0 Å². The van der Waals surface area contributed by atoms with Crippen LogP contribution < -0.4 is 4.74 Å². The summed E-state index contributed by atoms with van der Waals surface area (Å²) in [4.78, 5) is 18.8. The maximum absolute atomic E-state index is 11.9. The molecule has 0 spiro atoms. The lowest BCUT2D eigenvalue weighted by Gasteiger charge is -2.21. The summed E-state index contributed by atoms with van der Waals surface area (Å²) in [6.07, 6.45) is 1.81. The molecule has 26 heavy (non-hydrogen) atoms. The van der Waals surface area contributed by atoms with Gasteiger partial charge in [-0.1, -0.05) is 0 Å². The predicted octanol–water partition coefficient (Wildman–Crippen LogP) is 3.41. The van der Waals surface area contributed by atoms with E-state index in [4.69, 9.17) is 18.9 Å². The van der Waals surface area contributed by atoms with Crippen molar-refractivity contribution >= 4 is 5.97 Å². The fourth-order valence-corrected chi connectivity index (χ4v) is 3.54. The van der Waals surface area contributed by atoms with Gasteiger partial charge in [0, 0.05) is 12.1 Å². The summed E-state index contributed by atoms with van der Waals surface area (Å²) in [5.74, 6) is 2.07. The number of carbonyl (C=O) groups excluding carboxylic acids is 1. The number of oxazole rings is 1. The summed E-state index contributed by atoms with van der Waals surface area (Å²) in [5, 5.41) is 0. The Balaban J connectivity index is 1.86. The summed E-state index contributed by atoms with van der Waals surface area (Å²) in [6.45, 7) is 7.39. The topological polar surface area (TPSA) is 64.8 Å². The molecule has 1 aliphatic rings. The Bertz CT molecular complexity index is 812. The van der Waals surface area contributed by atoms with E-state index in [2.05, 4.69) is 4.90 Å². The first-order valence-corrected chi connectivity index (χ1v) is 8.88. The van der Waals surface area contributed by atoms with Gasteiger partial charge in [0.1, 0.15) is 17.6 Å². The van der Waals surface area contributed by atoms with Crippen LogP contribution in [0.3, 0.4) is 0 Å². The lowest BCUT2D eigenvalue weighted by Crippen LogP contribution is -2.36. The second kappa shape index (κ2) is 7.50. The second-order valence-electron chi connectivity index (χ2n) is 6.81. The van der Waals surface area contributed by atoms with Gasteiger partial charge in [-0.25, -0.2) is 4.98 Å². The van der Waals surface area contributed by atoms with E-state index < -0.39 is 0 Å². The third kappa shape index (κ3) is 3.46. The highest BCUT2D eigenvalue weighted by atomic mass is 16.5. The Morgan fingerprint density at radius 1 is 1.27 bits per heavy atom. The van der Waals surface area contributed by atoms with Crippen LogP contribution in [0.1, 0.15) is 35.4 Å². The molecule has 6 nitrogen and oxygen atoms in total. The smallest absolute Gasteiger partial charge is 0.323 e. The molecule has 0 N–H and O–H groups in total. The molecule has 0 bridgehead atoms. The van der Waals surface area contributed by atoms with Gasteiger partial charge in [-0.15, -0.1) is 0 Å². The molecule has 1 aliphatic heterocycles. The summed E-state index contributed by atoms with van der Waals surface area (Å²) in [6, 6.07) is 3.85. The van der Waals surface area contributed by atoms with E-state index in [1.807, 2.05) is 32.9 Å². The zero-order valence-corrected chi connectivity index (χ0v) is 16.1. The van der Waals surface area contributed by atoms with E-state index in [1.165, 1.54) is 7.11 Å². The number of aromatic nitrogens is 1. The molecule has 1 atom stereocenters. The molecule has 1 fully saturated rings. The summed E-state index contributed by atoms with van der Waals surface area (Å²) in [7, 11) is 3.11. The van der Waals surface area contributed by atoms with Gasteiger partial charge in [0.15, 0.2) is 0 Å². The Labute approximate surface area is 154 Å². The average Bonchev–Trinajstić information content (AvgIpc) is 3.23. The predicted molar refractivity (Wildman–Crippen MR) is 98.2 cm³/mol. The third-order valence-corrected chi connectivity index (χ3v) is 5.05. The van der Waals surface area contributed by atoms with Crippen LogP contribution in [-0.4, -0.2) is 42.7 Å². The first-order chi connectivity index (χ1) is 12.4. The quantitative estimate of drug-likeness (QED) is 0.763. The molecule has 0 saturated carbocycles. The van der Waals surface area contributed by atoms with Gasteiger partial charge in [-0.05, 0) is 63.4 Å². The number of hydrogen-bond donors (Lipinski definition) is 0. The largest absolute Gasteiger partial charge is 0.496 e. The molecule has 1 saturated heterocycles. The van der Waals surface area contributed by atoms with Crippen LogP contribution in [0.2, 0.25) is 0 Å². The van der Waals surface area contributed by atoms with Gasteiger partial charge in [-0.3, -0.25) is 9.69 Å². The maximum atomic E-state index is 11.9. The fraction of sp³-hybridized carbons (Fsp3) is 0.500. The SMILES string of the molecule is COC(=O)[C@@H]1CCCN1Cc1nc(-c2cc(C)c(OC)cc2C)oc1C. The number of likely N-dealkylation sites (tertiary alicyclic amines) is 1. The average molecular weight is 358 g/mol. The molecule has 3 rings (SSSR count). The van der Waals surface area contributed by atoms with Crippen molar-refractivity contribution < 1.29 is 18.7 Å². The standard InChI is InChI=1S/C20H26N2O4/c1-12-10-18(24-4)13(2)9-15(12)19-21-16(14(3)26-19)11-22-8-6-7-17(22)20(23)25-5/h9-10,17H,6-8,11H2,1-5H3/t17-/m0/s1. The molecule has 6 heteroatoms. The minimum Gasteiger partial charge on any atom is -0.496 e. The van der Waals surface area contributed by atoms with Crippen molar-refractivity contribution in [2.24, 2.45) is 0 Å². The van der Waals surface area contributed by atoms with Crippen LogP contribution >= 0.6 is 0 Å². The van der Waals surface area contributed by atoms with Crippen molar-refractivity contribution in [1.82, 2.24) is 9.88 Å².